The number of hydrogen-bond donors (Lipinski definition) is 0. The van der Waals surface area contributed by atoms with Crippen LogP contribution in [0.3, 0.4) is 0 Å². The first-order chi connectivity index (χ1) is 12.9. The third kappa shape index (κ3) is 24.7. The van der Waals surface area contributed by atoms with E-state index in [1.807, 2.05) is 0 Å². The molecule has 26 heavy (non-hydrogen) atoms. The highest BCUT2D eigenvalue weighted by Crippen LogP contribution is 2.15. The van der Waals surface area contributed by atoms with Crippen LogP contribution in [0, 0.1) is 0 Å². The van der Waals surface area contributed by atoms with E-state index in [0.29, 0.717) is 0 Å². The van der Waals surface area contributed by atoms with Crippen LogP contribution in [0.4, 0.5) is 0 Å². The van der Waals surface area contributed by atoms with E-state index >= 15 is 0 Å². The van der Waals surface area contributed by atoms with Gasteiger partial charge >= 0.3 is 0 Å². The molecule has 0 aromatic heterocycles. The number of thioether (sulfide) groups is 2. The summed E-state index contributed by atoms with van der Waals surface area (Å²) in [6, 6.07) is 0. The molecule has 0 aliphatic rings. The molecule has 0 spiro atoms. The minimum Gasteiger partial charge on any atom is -0.162 e. The van der Waals surface area contributed by atoms with Crippen LogP contribution in [0.15, 0.2) is 0 Å². The predicted molar refractivity (Wildman–Crippen MR) is 129 cm³/mol. The van der Waals surface area contributed by atoms with Gasteiger partial charge in [0, 0.05) is 0 Å². The second kappa shape index (κ2) is 25.7. The summed E-state index contributed by atoms with van der Waals surface area (Å²) in [5.74, 6) is 5.60. The van der Waals surface area contributed by atoms with E-state index in [1.165, 1.54) is 139 Å². The molecule has 0 aliphatic carbocycles. The average Bonchev–Trinajstić information content (AvgIpc) is 2.66. The predicted octanol–water partition coefficient (Wildman–Crippen LogP) is 9.51. The molecular formula is C24H50S2. The average molecular weight is 403 g/mol. The van der Waals surface area contributed by atoms with Crippen LogP contribution in [-0.2, 0) is 0 Å². The second-order valence-electron chi connectivity index (χ2n) is 7.88. The zero-order chi connectivity index (χ0) is 19.0. The lowest BCUT2D eigenvalue weighted by atomic mass is 10.1. The van der Waals surface area contributed by atoms with Crippen molar-refractivity contribution in [2.24, 2.45) is 0 Å². The van der Waals surface area contributed by atoms with Crippen molar-refractivity contribution in [3.05, 3.63) is 0 Å². The molecule has 2 heteroatoms. The molecule has 0 heterocycles. The number of hydrogen-bond acceptors (Lipinski definition) is 2. The fraction of sp³-hybridized carbons (Fsp3) is 1.00. The topological polar surface area (TPSA) is 0 Å². The smallest absolute Gasteiger partial charge is 0.00672 e. The first-order valence-corrected chi connectivity index (χ1v) is 14.4. The standard InChI is InChI=1S/C24H50S2/c1-3-5-7-9-11-13-15-17-21-25-23-19-20-24-26-22-18-16-14-12-10-8-6-4-2/h3-24H2,1-2H3. The van der Waals surface area contributed by atoms with Crippen LogP contribution in [-0.4, -0.2) is 23.0 Å². The van der Waals surface area contributed by atoms with Gasteiger partial charge in [-0.15, -0.1) is 0 Å². The molecule has 0 N–H and O–H groups in total. The second-order valence-corrected chi connectivity index (χ2v) is 10.3. The molecule has 0 nitrogen and oxygen atoms in total. The Morgan fingerprint density at radius 2 is 0.538 bits per heavy atom. The summed E-state index contributed by atoms with van der Waals surface area (Å²) in [6.45, 7) is 4.60. The van der Waals surface area contributed by atoms with Gasteiger partial charge in [0.15, 0.2) is 0 Å². The van der Waals surface area contributed by atoms with Crippen LogP contribution in [0.25, 0.3) is 0 Å². The lowest BCUT2D eigenvalue weighted by Crippen LogP contribution is -1.89. The highest BCUT2D eigenvalue weighted by molar-refractivity contribution is 7.99. The third-order valence-electron chi connectivity index (χ3n) is 5.11. The highest BCUT2D eigenvalue weighted by atomic mass is 32.2. The molecule has 0 aliphatic heterocycles. The molecule has 0 rings (SSSR count). The minimum absolute atomic E-state index is 1.37. The van der Waals surface area contributed by atoms with Crippen LogP contribution >= 0.6 is 23.5 Å². The van der Waals surface area contributed by atoms with Crippen molar-refractivity contribution in [1.29, 1.82) is 0 Å². The largest absolute Gasteiger partial charge is 0.162 e. The number of unbranched alkanes of at least 4 members (excludes halogenated alkanes) is 15. The molecule has 0 unspecified atom stereocenters. The summed E-state index contributed by atoms with van der Waals surface area (Å²) < 4.78 is 0. The summed E-state index contributed by atoms with van der Waals surface area (Å²) in [6.07, 6.45) is 26.1. The van der Waals surface area contributed by atoms with Gasteiger partial charge in [0.2, 0.25) is 0 Å². The van der Waals surface area contributed by atoms with Crippen molar-refractivity contribution in [2.45, 2.75) is 129 Å². The van der Waals surface area contributed by atoms with Crippen LogP contribution in [0.1, 0.15) is 129 Å². The van der Waals surface area contributed by atoms with E-state index in [2.05, 4.69) is 37.4 Å². The van der Waals surface area contributed by atoms with Crippen molar-refractivity contribution in [3.63, 3.8) is 0 Å². The zero-order valence-corrected chi connectivity index (χ0v) is 20.0. The van der Waals surface area contributed by atoms with Crippen molar-refractivity contribution >= 4 is 23.5 Å². The molecule has 0 saturated carbocycles. The highest BCUT2D eigenvalue weighted by Gasteiger charge is 1.95. The Kier molecular flexibility index (Phi) is 26.4. The molecule has 158 valence electrons. The van der Waals surface area contributed by atoms with Crippen molar-refractivity contribution in [3.8, 4) is 0 Å². The molecular weight excluding hydrogens is 352 g/mol. The van der Waals surface area contributed by atoms with Crippen molar-refractivity contribution < 1.29 is 0 Å². The van der Waals surface area contributed by atoms with E-state index in [4.69, 9.17) is 0 Å². The van der Waals surface area contributed by atoms with Gasteiger partial charge < -0.3 is 0 Å². The Bertz CT molecular complexity index is 206. The summed E-state index contributed by atoms with van der Waals surface area (Å²) in [7, 11) is 0. The van der Waals surface area contributed by atoms with Gasteiger partial charge in [0.1, 0.15) is 0 Å². The molecule has 0 radical (unpaired) electrons. The lowest BCUT2D eigenvalue weighted by Gasteiger charge is -2.04. The summed E-state index contributed by atoms with van der Waals surface area (Å²) in [5, 5.41) is 0. The maximum absolute atomic E-state index is 2.30. The lowest BCUT2D eigenvalue weighted by molar-refractivity contribution is 0.586. The summed E-state index contributed by atoms with van der Waals surface area (Å²) in [5.41, 5.74) is 0. The fourth-order valence-corrected chi connectivity index (χ4v) is 5.33. The SMILES string of the molecule is CCCCCCCCCCSCCCCSCCCCCCCCCC. The van der Waals surface area contributed by atoms with Gasteiger partial charge in [-0.3, -0.25) is 0 Å². The van der Waals surface area contributed by atoms with Gasteiger partial charge in [-0.2, -0.15) is 23.5 Å². The van der Waals surface area contributed by atoms with Crippen molar-refractivity contribution in [1.82, 2.24) is 0 Å². The normalized spacial score (nSPS) is 11.3. The fourth-order valence-electron chi connectivity index (χ4n) is 3.29. The van der Waals surface area contributed by atoms with E-state index in [0.717, 1.165) is 0 Å². The molecule has 0 aromatic rings. The van der Waals surface area contributed by atoms with E-state index in [9.17, 15) is 0 Å². The van der Waals surface area contributed by atoms with Crippen molar-refractivity contribution in [2.75, 3.05) is 23.0 Å². The van der Waals surface area contributed by atoms with Gasteiger partial charge in [-0.25, -0.2) is 0 Å². The Morgan fingerprint density at radius 3 is 0.846 bits per heavy atom. The van der Waals surface area contributed by atoms with Crippen LogP contribution in [0.2, 0.25) is 0 Å². The third-order valence-corrected chi connectivity index (χ3v) is 7.42. The first-order valence-electron chi connectivity index (χ1n) is 12.1. The Morgan fingerprint density at radius 1 is 0.308 bits per heavy atom. The monoisotopic (exact) mass is 402 g/mol. The molecule has 0 fully saturated rings. The van der Waals surface area contributed by atoms with Gasteiger partial charge in [-0.05, 0) is 48.7 Å². The quantitative estimate of drug-likeness (QED) is 0.156. The van der Waals surface area contributed by atoms with Crippen LogP contribution in [0.5, 0.6) is 0 Å². The maximum atomic E-state index is 2.30. The Balaban J connectivity index is 2.95. The molecule has 0 saturated heterocycles. The molecule has 0 amide bonds. The number of rotatable bonds is 23. The van der Waals surface area contributed by atoms with Gasteiger partial charge in [0.05, 0.1) is 0 Å². The van der Waals surface area contributed by atoms with Gasteiger partial charge in [0.25, 0.3) is 0 Å². The minimum atomic E-state index is 1.37. The summed E-state index contributed by atoms with van der Waals surface area (Å²) in [4.78, 5) is 0. The van der Waals surface area contributed by atoms with Gasteiger partial charge in [-0.1, -0.05) is 104 Å². The Labute approximate surface area is 175 Å². The summed E-state index contributed by atoms with van der Waals surface area (Å²) >= 11 is 4.40. The maximum Gasteiger partial charge on any atom is -0.00672 e. The zero-order valence-electron chi connectivity index (χ0n) is 18.4. The molecule has 0 bridgehead atoms. The van der Waals surface area contributed by atoms with E-state index < -0.39 is 0 Å². The molecule has 0 atom stereocenters. The van der Waals surface area contributed by atoms with E-state index in [-0.39, 0.29) is 0 Å². The first kappa shape index (κ1) is 26.7. The van der Waals surface area contributed by atoms with E-state index in [1.54, 1.807) is 0 Å². The van der Waals surface area contributed by atoms with Crippen LogP contribution < -0.4 is 0 Å². The molecule has 0 aromatic carbocycles. The Hall–Kier alpha value is 0.700.